The van der Waals surface area contributed by atoms with Crippen LogP contribution in [-0.2, 0) is 4.74 Å². The van der Waals surface area contributed by atoms with E-state index in [4.69, 9.17) is 11.6 Å². The summed E-state index contributed by atoms with van der Waals surface area (Å²) in [6.07, 6.45) is 2.30. The summed E-state index contributed by atoms with van der Waals surface area (Å²) in [5.41, 5.74) is 1.01. The third-order valence-corrected chi connectivity index (χ3v) is 3.39. The largest absolute Gasteiger partial charge is 0.465 e. The van der Waals surface area contributed by atoms with Gasteiger partial charge < -0.3 is 15.4 Å². The van der Waals surface area contributed by atoms with E-state index >= 15 is 0 Å². The number of ether oxygens (including phenoxy) is 1. The van der Waals surface area contributed by atoms with Crippen LogP contribution in [0.5, 0.6) is 0 Å². The summed E-state index contributed by atoms with van der Waals surface area (Å²) in [5, 5.41) is 6.02. The van der Waals surface area contributed by atoms with Gasteiger partial charge in [-0.05, 0) is 30.7 Å². The van der Waals surface area contributed by atoms with E-state index in [1.54, 1.807) is 12.1 Å². The standard InChI is InChI=1S/C16H17ClN4O3/c1-3-7-18-14(22)12-6-8-19-16(20-12)21-13-9-10(15(23)24-2)4-5-11(13)17/h4-6,8-9H,3,7H2,1-2H3,(H,18,22)(H,19,20,21). The first kappa shape index (κ1) is 17.7. The van der Waals surface area contributed by atoms with Crippen molar-refractivity contribution >= 4 is 35.1 Å². The molecule has 2 aromatic rings. The van der Waals surface area contributed by atoms with Crippen LogP contribution in [0.25, 0.3) is 0 Å². The van der Waals surface area contributed by atoms with Crippen LogP contribution in [0, 0.1) is 0 Å². The van der Waals surface area contributed by atoms with Crippen molar-refractivity contribution in [2.45, 2.75) is 13.3 Å². The third kappa shape index (κ3) is 4.42. The lowest BCUT2D eigenvalue weighted by molar-refractivity contribution is 0.0600. The average molecular weight is 349 g/mol. The maximum atomic E-state index is 11.9. The fourth-order valence-corrected chi connectivity index (χ4v) is 2.03. The Morgan fingerprint density at radius 2 is 2.08 bits per heavy atom. The fraction of sp³-hybridized carbons (Fsp3) is 0.250. The second-order valence-electron chi connectivity index (χ2n) is 4.83. The Morgan fingerprint density at radius 3 is 2.79 bits per heavy atom. The first-order valence-electron chi connectivity index (χ1n) is 7.31. The second-order valence-corrected chi connectivity index (χ2v) is 5.24. The van der Waals surface area contributed by atoms with Crippen LogP contribution < -0.4 is 10.6 Å². The smallest absolute Gasteiger partial charge is 0.337 e. The predicted molar refractivity (Wildman–Crippen MR) is 90.7 cm³/mol. The number of hydrogen-bond acceptors (Lipinski definition) is 6. The first-order chi connectivity index (χ1) is 11.5. The van der Waals surface area contributed by atoms with E-state index in [0.717, 1.165) is 6.42 Å². The van der Waals surface area contributed by atoms with Crippen LogP contribution in [0.2, 0.25) is 5.02 Å². The summed E-state index contributed by atoms with van der Waals surface area (Å²) in [4.78, 5) is 31.7. The van der Waals surface area contributed by atoms with Gasteiger partial charge in [0.2, 0.25) is 5.95 Å². The fourth-order valence-electron chi connectivity index (χ4n) is 1.86. The monoisotopic (exact) mass is 348 g/mol. The third-order valence-electron chi connectivity index (χ3n) is 3.06. The number of anilines is 2. The minimum atomic E-state index is -0.483. The molecular weight excluding hydrogens is 332 g/mol. The van der Waals surface area contributed by atoms with Gasteiger partial charge >= 0.3 is 5.97 Å². The molecule has 1 heterocycles. The average Bonchev–Trinajstić information content (AvgIpc) is 2.61. The molecule has 2 rings (SSSR count). The van der Waals surface area contributed by atoms with Crippen LogP contribution >= 0.6 is 11.6 Å². The van der Waals surface area contributed by atoms with Crippen molar-refractivity contribution < 1.29 is 14.3 Å². The maximum absolute atomic E-state index is 11.9. The minimum absolute atomic E-state index is 0.197. The molecule has 8 heteroatoms. The van der Waals surface area contributed by atoms with Crippen molar-refractivity contribution in [3.8, 4) is 0 Å². The lowest BCUT2D eigenvalue weighted by Crippen LogP contribution is -2.25. The molecule has 0 fully saturated rings. The number of rotatable bonds is 6. The number of carbonyl (C=O) groups is 2. The highest BCUT2D eigenvalue weighted by molar-refractivity contribution is 6.33. The van der Waals surface area contributed by atoms with E-state index in [0.29, 0.717) is 22.8 Å². The molecule has 1 aromatic heterocycles. The Kier molecular flexibility index (Phi) is 6.08. The van der Waals surface area contributed by atoms with E-state index in [1.807, 2.05) is 6.92 Å². The molecule has 126 valence electrons. The van der Waals surface area contributed by atoms with Crippen LogP contribution in [-0.4, -0.2) is 35.5 Å². The molecule has 0 atom stereocenters. The van der Waals surface area contributed by atoms with Gasteiger partial charge in [0.15, 0.2) is 0 Å². The van der Waals surface area contributed by atoms with Gasteiger partial charge in [-0.25, -0.2) is 14.8 Å². The molecule has 2 N–H and O–H groups in total. The molecule has 0 aliphatic rings. The molecule has 0 saturated carbocycles. The Hall–Kier alpha value is -2.67. The molecule has 0 bridgehead atoms. The van der Waals surface area contributed by atoms with E-state index in [2.05, 4.69) is 25.3 Å². The normalized spacial score (nSPS) is 10.1. The van der Waals surface area contributed by atoms with Gasteiger partial charge in [-0.1, -0.05) is 18.5 Å². The number of nitrogens with one attached hydrogen (secondary N) is 2. The van der Waals surface area contributed by atoms with Crippen molar-refractivity contribution in [1.82, 2.24) is 15.3 Å². The number of halogens is 1. The molecular formula is C16H17ClN4O3. The van der Waals surface area contributed by atoms with Gasteiger partial charge in [0.1, 0.15) is 5.69 Å². The topological polar surface area (TPSA) is 93.2 Å². The highest BCUT2D eigenvalue weighted by Crippen LogP contribution is 2.25. The maximum Gasteiger partial charge on any atom is 0.337 e. The summed E-state index contributed by atoms with van der Waals surface area (Å²) < 4.78 is 4.68. The number of hydrogen-bond donors (Lipinski definition) is 2. The predicted octanol–water partition coefficient (Wildman–Crippen LogP) is 2.80. The number of carbonyl (C=O) groups excluding carboxylic acids is 2. The molecule has 0 unspecified atom stereocenters. The van der Waals surface area contributed by atoms with Gasteiger partial charge in [-0.3, -0.25) is 4.79 Å². The molecule has 0 aliphatic carbocycles. The number of amides is 1. The zero-order chi connectivity index (χ0) is 17.5. The zero-order valence-electron chi connectivity index (χ0n) is 13.3. The Labute approximate surface area is 144 Å². The number of aromatic nitrogens is 2. The Morgan fingerprint density at radius 1 is 1.29 bits per heavy atom. The van der Waals surface area contributed by atoms with Crippen molar-refractivity contribution in [2.24, 2.45) is 0 Å². The lowest BCUT2D eigenvalue weighted by Gasteiger charge is -2.09. The highest BCUT2D eigenvalue weighted by Gasteiger charge is 2.12. The molecule has 24 heavy (non-hydrogen) atoms. The van der Waals surface area contributed by atoms with Crippen molar-refractivity contribution in [1.29, 1.82) is 0 Å². The van der Waals surface area contributed by atoms with Crippen molar-refractivity contribution in [3.05, 3.63) is 46.7 Å². The number of nitrogens with zero attached hydrogens (tertiary/aromatic N) is 2. The molecule has 1 amide bonds. The van der Waals surface area contributed by atoms with Gasteiger partial charge in [-0.2, -0.15) is 0 Å². The first-order valence-corrected chi connectivity index (χ1v) is 7.69. The Bertz CT molecular complexity index is 752. The van der Waals surface area contributed by atoms with Crippen LogP contribution in [0.4, 0.5) is 11.6 Å². The molecule has 7 nitrogen and oxygen atoms in total. The molecule has 0 saturated heterocycles. The van der Waals surface area contributed by atoms with E-state index < -0.39 is 5.97 Å². The van der Waals surface area contributed by atoms with Crippen LogP contribution in [0.15, 0.2) is 30.5 Å². The Balaban J connectivity index is 2.22. The van der Waals surface area contributed by atoms with Gasteiger partial charge in [-0.15, -0.1) is 0 Å². The zero-order valence-corrected chi connectivity index (χ0v) is 14.1. The van der Waals surface area contributed by atoms with E-state index in [9.17, 15) is 9.59 Å². The molecule has 1 aromatic carbocycles. The van der Waals surface area contributed by atoms with E-state index in [1.165, 1.54) is 25.4 Å². The quantitative estimate of drug-likeness (QED) is 0.780. The van der Waals surface area contributed by atoms with Crippen molar-refractivity contribution in [3.63, 3.8) is 0 Å². The highest BCUT2D eigenvalue weighted by atomic mass is 35.5. The summed E-state index contributed by atoms with van der Waals surface area (Å²) >= 11 is 6.12. The minimum Gasteiger partial charge on any atom is -0.465 e. The SMILES string of the molecule is CCCNC(=O)c1ccnc(Nc2cc(C(=O)OC)ccc2Cl)n1. The molecule has 0 aliphatic heterocycles. The van der Waals surface area contributed by atoms with Gasteiger partial charge in [0.25, 0.3) is 5.91 Å². The van der Waals surface area contributed by atoms with Crippen LogP contribution in [0.1, 0.15) is 34.2 Å². The van der Waals surface area contributed by atoms with Gasteiger partial charge in [0.05, 0.1) is 23.4 Å². The van der Waals surface area contributed by atoms with Crippen LogP contribution in [0.3, 0.4) is 0 Å². The summed E-state index contributed by atoms with van der Waals surface area (Å²) in [6, 6.07) is 6.16. The summed E-state index contributed by atoms with van der Waals surface area (Å²) in [7, 11) is 1.30. The summed E-state index contributed by atoms with van der Waals surface area (Å²) in [5.74, 6) is -0.567. The molecule has 0 spiro atoms. The second kappa shape index (κ2) is 8.26. The van der Waals surface area contributed by atoms with E-state index in [-0.39, 0.29) is 17.5 Å². The van der Waals surface area contributed by atoms with Crippen molar-refractivity contribution in [2.75, 3.05) is 19.0 Å². The van der Waals surface area contributed by atoms with Gasteiger partial charge in [0, 0.05) is 12.7 Å². The lowest BCUT2D eigenvalue weighted by atomic mass is 10.2. The number of benzene rings is 1. The molecule has 0 radical (unpaired) electrons. The number of esters is 1. The number of methoxy groups -OCH3 is 1. The summed E-state index contributed by atoms with van der Waals surface area (Å²) in [6.45, 7) is 2.53.